The van der Waals surface area contributed by atoms with Crippen LogP contribution >= 0.6 is 11.6 Å². The monoisotopic (exact) mass is 245 g/mol. The van der Waals surface area contributed by atoms with Crippen LogP contribution in [0.3, 0.4) is 0 Å². The van der Waals surface area contributed by atoms with Crippen LogP contribution in [0.2, 0.25) is 5.02 Å². The quantitative estimate of drug-likeness (QED) is 0.829. The zero-order chi connectivity index (χ0) is 12.1. The molecule has 0 radical (unpaired) electrons. The van der Waals surface area contributed by atoms with Crippen LogP contribution in [0.1, 0.15) is 13.8 Å². The molecule has 0 aliphatic rings. The minimum absolute atomic E-state index is 0.0503. The number of hydrogen-bond acceptors (Lipinski definition) is 3. The summed E-state index contributed by atoms with van der Waals surface area (Å²) in [6, 6.07) is 3.73. The van der Waals surface area contributed by atoms with E-state index in [-0.39, 0.29) is 11.0 Å². The highest BCUT2D eigenvalue weighted by Crippen LogP contribution is 2.19. The largest absolute Gasteiger partial charge is 0.464 e. The Labute approximate surface area is 98.5 Å². The molecule has 0 spiro atoms. The van der Waals surface area contributed by atoms with Gasteiger partial charge in [0.2, 0.25) is 0 Å². The molecule has 0 bridgehead atoms. The number of esters is 1. The average Bonchev–Trinajstić information content (AvgIpc) is 2.24. The summed E-state index contributed by atoms with van der Waals surface area (Å²) in [7, 11) is 0. The topological polar surface area (TPSA) is 38.3 Å². The number of halogens is 2. The molecule has 1 aromatic carbocycles. The molecule has 5 heteroatoms. The van der Waals surface area contributed by atoms with Gasteiger partial charge in [0, 0.05) is 5.69 Å². The molecule has 3 nitrogen and oxygen atoms in total. The second-order valence-electron chi connectivity index (χ2n) is 3.25. The maximum atomic E-state index is 13.1. The first-order chi connectivity index (χ1) is 7.54. The van der Waals surface area contributed by atoms with Gasteiger partial charge in [0.25, 0.3) is 0 Å². The summed E-state index contributed by atoms with van der Waals surface area (Å²) in [5, 5.41) is 2.87. The summed E-state index contributed by atoms with van der Waals surface area (Å²) in [5.41, 5.74) is 0.488. The average molecular weight is 246 g/mol. The van der Waals surface area contributed by atoms with E-state index in [2.05, 4.69) is 5.32 Å². The number of ether oxygens (including phenoxy) is 1. The maximum Gasteiger partial charge on any atom is 0.328 e. The van der Waals surface area contributed by atoms with E-state index < -0.39 is 11.9 Å². The second-order valence-corrected chi connectivity index (χ2v) is 3.65. The van der Waals surface area contributed by atoms with Gasteiger partial charge in [0.15, 0.2) is 0 Å². The van der Waals surface area contributed by atoms with Crippen molar-refractivity contribution in [2.45, 2.75) is 19.9 Å². The van der Waals surface area contributed by atoms with Crippen molar-refractivity contribution < 1.29 is 13.9 Å². The standard InChI is InChI=1S/C11H13ClFNO2/c1-3-16-11(15)7(2)14-8-4-5-9(12)10(13)6-8/h4-7,14H,3H2,1-2H3. The number of hydrogen-bond donors (Lipinski definition) is 1. The Kier molecular flexibility index (Phi) is 4.55. The van der Waals surface area contributed by atoms with Crippen molar-refractivity contribution in [1.82, 2.24) is 0 Å². The summed E-state index contributed by atoms with van der Waals surface area (Å²) in [5.74, 6) is -0.902. The lowest BCUT2D eigenvalue weighted by Crippen LogP contribution is -2.28. The zero-order valence-electron chi connectivity index (χ0n) is 9.09. The molecule has 16 heavy (non-hydrogen) atoms. The van der Waals surface area contributed by atoms with E-state index in [4.69, 9.17) is 16.3 Å². The van der Waals surface area contributed by atoms with E-state index in [9.17, 15) is 9.18 Å². The van der Waals surface area contributed by atoms with Crippen molar-refractivity contribution in [2.75, 3.05) is 11.9 Å². The Morgan fingerprint density at radius 1 is 1.62 bits per heavy atom. The second kappa shape index (κ2) is 5.70. The van der Waals surface area contributed by atoms with Gasteiger partial charge in [-0.05, 0) is 32.0 Å². The van der Waals surface area contributed by atoms with Crippen LogP contribution in [0.25, 0.3) is 0 Å². The Morgan fingerprint density at radius 3 is 2.88 bits per heavy atom. The molecule has 1 unspecified atom stereocenters. The van der Waals surface area contributed by atoms with Crippen molar-refractivity contribution in [2.24, 2.45) is 0 Å². The van der Waals surface area contributed by atoms with Gasteiger partial charge >= 0.3 is 5.97 Å². The van der Waals surface area contributed by atoms with Crippen molar-refractivity contribution >= 4 is 23.3 Å². The highest BCUT2D eigenvalue weighted by atomic mass is 35.5. The summed E-state index contributed by atoms with van der Waals surface area (Å²) < 4.78 is 17.9. The third-order valence-corrected chi connectivity index (χ3v) is 2.25. The van der Waals surface area contributed by atoms with Crippen molar-refractivity contribution in [3.8, 4) is 0 Å². The number of carbonyl (C=O) groups excluding carboxylic acids is 1. The summed E-state index contributed by atoms with van der Waals surface area (Å²) in [6.07, 6.45) is 0. The Balaban J connectivity index is 2.66. The number of rotatable bonds is 4. The molecule has 0 heterocycles. The number of benzene rings is 1. The van der Waals surface area contributed by atoms with Crippen LogP contribution < -0.4 is 5.32 Å². The van der Waals surface area contributed by atoms with Crippen LogP contribution in [0.5, 0.6) is 0 Å². The van der Waals surface area contributed by atoms with E-state index in [1.54, 1.807) is 19.9 Å². The van der Waals surface area contributed by atoms with E-state index in [1.165, 1.54) is 12.1 Å². The lowest BCUT2D eigenvalue weighted by atomic mass is 10.2. The molecule has 1 N–H and O–H groups in total. The van der Waals surface area contributed by atoms with E-state index >= 15 is 0 Å². The predicted molar refractivity (Wildman–Crippen MR) is 61.1 cm³/mol. The fraction of sp³-hybridized carbons (Fsp3) is 0.364. The Bertz CT molecular complexity index is 384. The molecule has 0 aliphatic heterocycles. The summed E-state index contributed by atoms with van der Waals surface area (Å²) >= 11 is 5.54. The minimum Gasteiger partial charge on any atom is -0.464 e. The highest BCUT2D eigenvalue weighted by molar-refractivity contribution is 6.30. The van der Waals surface area contributed by atoms with Crippen LogP contribution in [0.4, 0.5) is 10.1 Å². The first kappa shape index (κ1) is 12.8. The highest BCUT2D eigenvalue weighted by Gasteiger charge is 2.13. The van der Waals surface area contributed by atoms with Gasteiger partial charge in [-0.1, -0.05) is 11.6 Å². The molecular weight excluding hydrogens is 233 g/mol. The Morgan fingerprint density at radius 2 is 2.31 bits per heavy atom. The first-order valence-electron chi connectivity index (χ1n) is 4.92. The van der Waals surface area contributed by atoms with Crippen LogP contribution in [-0.4, -0.2) is 18.6 Å². The molecule has 0 amide bonds. The molecule has 0 aliphatic carbocycles. The summed E-state index contributed by atoms with van der Waals surface area (Å²) in [4.78, 5) is 11.3. The van der Waals surface area contributed by atoms with Gasteiger partial charge in [-0.15, -0.1) is 0 Å². The van der Waals surface area contributed by atoms with Crippen LogP contribution in [0.15, 0.2) is 18.2 Å². The molecule has 88 valence electrons. The van der Waals surface area contributed by atoms with Crippen LogP contribution in [-0.2, 0) is 9.53 Å². The van der Waals surface area contributed by atoms with E-state index in [0.717, 1.165) is 0 Å². The third-order valence-electron chi connectivity index (χ3n) is 1.94. The first-order valence-corrected chi connectivity index (χ1v) is 5.30. The maximum absolute atomic E-state index is 13.1. The fourth-order valence-electron chi connectivity index (χ4n) is 1.16. The fourth-order valence-corrected chi connectivity index (χ4v) is 1.28. The molecule has 0 saturated heterocycles. The Hall–Kier alpha value is -1.29. The molecule has 1 aromatic rings. The molecule has 0 aromatic heterocycles. The SMILES string of the molecule is CCOC(=O)C(C)Nc1ccc(Cl)c(F)c1. The van der Waals surface area contributed by atoms with E-state index in [0.29, 0.717) is 12.3 Å². The lowest BCUT2D eigenvalue weighted by Gasteiger charge is -2.13. The number of anilines is 1. The molecule has 0 fully saturated rings. The predicted octanol–water partition coefficient (Wildman–Crippen LogP) is 2.84. The van der Waals surface area contributed by atoms with Gasteiger partial charge in [0.05, 0.1) is 11.6 Å². The third kappa shape index (κ3) is 3.38. The zero-order valence-corrected chi connectivity index (χ0v) is 9.84. The van der Waals surface area contributed by atoms with Gasteiger partial charge < -0.3 is 10.1 Å². The van der Waals surface area contributed by atoms with Gasteiger partial charge in [-0.2, -0.15) is 0 Å². The molecule has 0 saturated carbocycles. The van der Waals surface area contributed by atoms with Gasteiger partial charge in [-0.3, -0.25) is 0 Å². The molecule has 1 atom stereocenters. The van der Waals surface area contributed by atoms with E-state index in [1.807, 2.05) is 0 Å². The van der Waals surface area contributed by atoms with Crippen molar-refractivity contribution in [3.63, 3.8) is 0 Å². The molecular formula is C11H13ClFNO2. The van der Waals surface area contributed by atoms with Crippen LogP contribution in [0, 0.1) is 5.82 Å². The summed E-state index contributed by atoms with van der Waals surface area (Å²) in [6.45, 7) is 3.69. The normalized spacial score (nSPS) is 12.0. The van der Waals surface area contributed by atoms with Crippen molar-refractivity contribution in [3.05, 3.63) is 29.0 Å². The minimum atomic E-state index is -0.527. The number of carbonyl (C=O) groups is 1. The van der Waals surface area contributed by atoms with Crippen molar-refractivity contribution in [1.29, 1.82) is 0 Å². The smallest absolute Gasteiger partial charge is 0.328 e. The van der Waals surface area contributed by atoms with Gasteiger partial charge in [0.1, 0.15) is 11.9 Å². The lowest BCUT2D eigenvalue weighted by molar-refractivity contribution is -0.143. The molecule has 1 rings (SSSR count). The number of nitrogens with one attached hydrogen (secondary N) is 1. The van der Waals surface area contributed by atoms with Gasteiger partial charge in [-0.25, -0.2) is 9.18 Å².